The number of benzene rings is 1. The Morgan fingerprint density at radius 3 is 2.57 bits per heavy atom. The fourth-order valence-electron chi connectivity index (χ4n) is 5.04. The second kappa shape index (κ2) is 8.80. The lowest BCUT2D eigenvalue weighted by molar-refractivity contribution is 0.0395. The summed E-state index contributed by atoms with van der Waals surface area (Å²) in [5, 5.41) is 16.7. The Hall–Kier alpha value is -2.99. The van der Waals surface area contributed by atoms with Crippen LogP contribution in [0.5, 0.6) is 5.75 Å². The molecule has 0 saturated carbocycles. The van der Waals surface area contributed by atoms with E-state index in [4.69, 9.17) is 27.9 Å². The van der Waals surface area contributed by atoms with Crippen molar-refractivity contribution in [3.05, 3.63) is 58.5 Å². The number of H-pyrrole nitrogens is 1. The SMILES string of the molecule is C[C@@H](Oc1ccc2[nH]nc(-c3ccc(N4CC5(C4)CN(S(C)(=O)=O)C5)nc3)c2c1)c1c(Cl)cnnc1Cl. The summed E-state index contributed by atoms with van der Waals surface area (Å²) in [7, 11) is -3.11. The molecule has 0 bridgehead atoms. The van der Waals surface area contributed by atoms with E-state index in [1.54, 1.807) is 6.20 Å². The van der Waals surface area contributed by atoms with Gasteiger partial charge in [0, 0.05) is 48.7 Å². The zero-order chi connectivity index (χ0) is 25.9. The number of sulfonamides is 1. The fraction of sp³-hybridized carbons (Fsp3) is 0.333. The van der Waals surface area contributed by atoms with E-state index >= 15 is 0 Å². The Morgan fingerprint density at radius 2 is 1.89 bits per heavy atom. The summed E-state index contributed by atoms with van der Waals surface area (Å²) in [6.07, 6.45) is 4.06. The van der Waals surface area contributed by atoms with E-state index in [-0.39, 0.29) is 10.6 Å². The maximum atomic E-state index is 11.7. The first kappa shape index (κ1) is 24.4. The number of aromatic amines is 1. The zero-order valence-electron chi connectivity index (χ0n) is 20.0. The molecule has 1 atom stereocenters. The van der Waals surface area contributed by atoms with Crippen molar-refractivity contribution in [3.63, 3.8) is 0 Å². The number of aromatic nitrogens is 5. The number of fused-ring (bicyclic) bond motifs is 1. The summed E-state index contributed by atoms with van der Waals surface area (Å²) < 4.78 is 31.0. The second-order valence-corrected chi connectivity index (χ2v) is 12.5. The molecule has 192 valence electrons. The van der Waals surface area contributed by atoms with Gasteiger partial charge in [-0.2, -0.15) is 10.2 Å². The number of halogens is 2. The molecule has 0 unspecified atom stereocenters. The van der Waals surface area contributed by atoms with E-state index < -0.39 is 16.1 Å². The Bertz CT molecular complexity index is 1580. The summed E-state index contributed by atoms with van der Waals surface area (Å²) >= 11 is 12.4. The van der Waals surface area contributed by atoms with Gasteiger partial charge in [-0.25, -0.2) is 17.7 Å². The third-order valence-corrected chi connectivity index (χ3v) is 8.72. The predicted octanol–water partition coefficient (Wildman–Crippen LogP) is 3.94. The molecule has 1 spiro atoms. The van der Waals surface area contributed by atoms with E-state index in [1.807, 2.05) is 37.3 Å². The molecule has 5 heterocycles. The Morgan fingerprint density at radius 1 is 1.11 bits per heavy atom. The van der Waals surface area contributed by atoms with Gasteiger partial charge in [-0.3, -0.25) is 5.10 Å². The molecule has 2 saturated heterocycles. The highest BCUT2D eigenvalue weighted by Gasteiger charge is 2.54. The smallest absolute Gasteiger partial charge is 0.211 e. The highest BCUT2D eigenvalue weighted by molar-refractivity contribution is 7.88. The highest BCUT2D eigenvalue weighted by atomic mass is 35.5. The van der Waals surface area contributed by atoms with Crippen LogP contribution in [0.2, 0.25) is 10.2 Å². The van der Waals surface area contributed by atoms with Crippen LogP contribution in [0.25, 0.3) is 22.2 Å². The lowest BCUT2D eigenvalue weighted by atomic mass is 9.74. The molecule has 6 rings (SSSR count). The maximum Gasteiger partial charge on any atom is 0.211 e. The van der Waals surface area contributed by atoms with E-state index in [2.05, 4.69) is 30.3 Å². The monoisotopic (exact) mass is 559 g/mol. The predicted molar refractivity (Wildman–Crippen MR) is 141 cm³/mol. The van der Waals surface area contributed by atoms with Crippen molar-refractivity contribution in [2.45, 2.75) is 13.0 Å². The molecule has 10 nitrogen and oxygen atoms in total. The van der Waals surface area contributed by atoms with Crippen molar-refractivity contribution >= 4 is 49.9 Å². The molecular formula is C24H23Cl2N7O3S. The van der Waals surface area contributed by atoms with Gasteiger partial charge in [-0.15, -0.1) is 5.10 Å². The minimum absolute atomic E-state index is 0.0517. The topological polar surface area (TPSA) is 117 Å². The summed E-state index contributed by atoms with van der Waals surface area (Å²) in [5.74, 6) is 1.50. The molecule has 13 heteroatoms. The van der Waals surface area contributed by atoms with Gasteiger partial charge in [-0.1, -0.05) is 23.2 Å². The third-order valence-electron chi connectivity index (χ3n) is 6.94. The minimum Gasteiger partial charge on any atom is -0.486 e. The lowest BCUT2D eigenvalue weighted by Gasteiger charge is -2.59. The molecule has 2 aliphatic heterocycles. The number of nitrogens with one attached hydrogen (secondary N) is 1. The van der Waals surface area contributed by atoms with Gasteiger partial charge in [0.2, 0.25) is 10.0 Å². The number of pyridine rings is 1. The number of ether oxygens (including phenoxy) is 1. The molecule has 1 aromatic carbocycles. The lowest BCUT2D eigenvalue weighted by Crippen LogP contribution is -2.73. The Labute approximate surface area is 223 Å². The van der Waals surface area contributed by atoms with Crippen molar-refractivity contribution < 1.29 is 13.2 Å². The molecule has 2 fully saturated rings. The van der Waals surface area contributed by atoms with Gasteiger partial charge in [0.1, 0.15) is 23.4 Å². The van der Waals surface area contributed by atoms with Crippen molar-refractivity contribution in [3.8, 4) is 17.0 Å². The number of rotatable bonds is 6. The van der Waals surface area contributed by atoms with Crippen LogP contribution in [-0.2, 0) is 10.0 Å². The normalized spacial score (nSPS) is 18.0. The van der Waals surface area contributed by atoms with Crippen LogP contribution in [0.4, 0.5) is 5.82 Å². The number of hydrogen-bond acceptors (Lipinski definition) is 8. The molecular weight excluding hydrogens is 537 g/mol. The molecule has 37 heavy (non-hydrogen) atoms. The van der Waals surface area contributed by atoms with Crippen molar-refractivity contribution in [2.75, 3.05) is 37.3 Å². The molecule has 0 aliphatic carbocycles. The van der Waals surface area contributed by atoms with E-state index in [0.29, 0.717) is 29.4 Å². The maximum absolute atomic E-state index is 11.7. The van der Waals surface area contributed by atoms with E-state index in [0.717, 1.165) is 41.1 Å². The third kappa shape index (κ3) is 4.39. The minimum atomic E-state index is -3.11. The molecule has 3 aromatic heterocycles. The molecule has 0 amide bonds. The van der Waals surface area contributed by atoms with Crippen LogP contribution >= 0.6 is 23.2 Å². The first-order valence-corrected chi connectivity index (χ1v) is 14.2. The quantitative estimate of drug-likeness (QED) is 0.377. The van der Waals surface area contributed by atoms with Crippen LogP contribution in [-0.4, -0.2) is 70.5 Å². The average molecular weight is 560 g/mol. The zero-order valence-corrected chi connectivity index (χ0v) is 22.3. The number of anilines is 1. The molecule has 0 radical (unpaired) electrons. The molecule has 4 aromatic rings. The summed E-state index contributed by atoms with van der Waals surface area (Å²) in [6.45, 7) is 4.62. The van der Waals surface area contributed by atoms with Gasteiger partial charge in [-0.05, 0) is 37.3 Å². The van der Waals surface area contributed by atoms with Crippen LogP contribution in [0.15, 0.2) is 42.7 Å². The summed E-state index contributed by atoms with van der Waals surface area (Å²) in [4.78, 5) is 6.82. The van der Waals surface area contributed by atoms with Crippen LogP contribution in [0.1, 0.15) is 18.6 Å². The van der Waals surface area contributed by atoms with Gasteiger partial charge in [0.05, 0.1) is 28.6 Å². The second-order valence-electron chi connectivity index (χ2n) is 9.73. The highest BCUT2D eigenvalue weighted by Crippen LogP contribution is 2.42. The Balaban J connectivity index is 1.18. The van der Waals surface area contributed by atoms with Crippen LogP contribution in [0, 0.1) is 5.41 Å². The first-order chi connectivity index (χ1) is 17.6. The van der Waals surface area contributed by atoms with Crippen LogP contribution < -0.4 is 9.64 Å². The number of nitrogens with zero attached hydrogens (tertiary/aromatic N) is 6. The Kier molecular flexibility index (Phi) is 5.79. The summed E-state index contributed by atoms with van der Waals surface area (Å²) in [6, 6.07) is 9.63. The van der Waals surface area contributed by atoms with Gasteiger partial charge in [0.25, 0.3) is 0 Å². The van der Waals surface area contributed by atoms with E-state index in [1.165, 1.54) is 16.8 Å². The van der Waals surface area contributed by atoms with Crippen LogP contribution in [0.3, 0.4) is 0 Å². The van der Waals surface area contributed by atoms with E-state index in [9.17, 15) is 8.42 Å². The molecule has 2 aliphatic rings. The van der Waals surface area contributed by atoms with Gasteiger partial charge < -0.3 is 9.64 Å². The fourth-order valence-corrected chi connectivity index (χ4v) is 6.69. The molecule has 1 N–H and O–H groups in total. The van der Waals surface area contributed by atoms with Crippen molar-refractivity contribution in [1.29, 1.82) is 0 Å². The average Bonchev–Trinajstić information content (AvgIpc) is 3.20. The first-order valence-electron chi connectivity index (χ1n) is 11.6. The van der Waals surface area contributed by atoms with Gasteiger partial charge in [0.15, 0.2) is 5.15 Å². The van der Waals surface area contributed by atoms with Crippen molar-refractivity contribution in [1.82, 2.24) is 29.7 Å². The van der Waals surface area contributed by atoms with Crippen molar-refractivity contribution in [2.24, 2.45) is 5.41 Å². The standard InChI is InChI=1S/C24H23Cl2N7O3S/c1-14(21-18(25)9-28-31-23(21)26)36-16-4-5-19-17(7-16)22(30-29-19)15-3-6-20(27-8-15)32-10-24(11-32)12-33(13-24)37(2,34)35/h3-9,14H,10-13H2,1-2H3,(H,29,30)/t14-/m1/s1. The largest absolute Gasteiger partial charge is 0.486 e. The van der Waals surface area contributed by atoms with Gasteiger partial charge >= 0.3 is 0 Å². The summed E-state index contributed by atoms with van der Waals surface area (Å²) in [5.41, 5.74) is 3.12. The number of hydrogen-bond donors (Lipinski definition) is 1.